The second-order valence-electron chi connectivity index (χ2n) is 3.57. The zero-order valence-electron chi connectivity index (χ0n) is 6.17. The summed E-state index contributed by atoms with van der Waals surface area (Å²) in [5, 5.41) is 0. The van der Waals surface area contributed by atoms with Crippen LogP contribution in [0, 0.1) is 11.8 Å². The fourth-order valence-corrected chi connectivity index (χ4v) is 2.14. The highest BCUT2D eigenvalue weighted by molar-refractivity contribution is 5.72. The van der Waals surface area contributed by atoms with Gasteiger partial charge in [0.05, 0.1) is 6.42 Å². The van der Waals surface area contributed by atoms with Gasteiger partial charge in [0.2, 0.25) is 0 Å². The molecule has 0 aromatic heterocycles. The lowest BCUT2D eigenvalue weighted by atomic mass is 10.0. The summed E-state index contributed by atoms with van der Waals surface area (Å²) < 4.78 is 5.12. The van der Waals surface area contributed by atoms with Crippen molar-refractivity contribution in [1.82, 2.24) is 0 Å². The largest absolute Gasteiger partial charge is 0.462 e. The molecule has 1 saturated heterocycles. The Balaban J connectivity index is 2.06. The highest BCUT2D eigenvalue weighted by Gasteiger charge is 2.41. The van der Waals surface area contributed by atoms with Crippen molar-refractivity contribution in [1.29, 1.82) is 0 Å². The Morgan fingerprint density at radius 2 is 2.30 bits per heavy atom. The summed E-state index contributed by atoms with van der Waals surface area (Å²) in [6.45, 7) is 2.23. The standard InChI is InChI=1S/C8H12O2/c1-5-2-6-4-8(9)10-7(6)3-5/h5-7H,2-4H2,1H3/t5?,6-,7-/m0/s1. The normalized spacial score (nSPS) is 45.3. The lowest BCUT2D eigenvalue weighted by Gasteiger charge is -2.04. The molecule has 0 aromatic rings. The van der Waals surface area contributed by atoms with Gasteiger partial charge in [0, 0.05) is 5.92 Å². The summed E-state index contributed by atoms with van der Waals surface area (Å²) in [5.41, 5.74) is 0. The first-order valence-corrected chi connectivity index (χ1v) is 3.95. The Labute approximate surface area is 60.6 Å². The molecule has 10 heavy (non-hydrogen) atoms. The second-order valence-corrected chi connectivity index (χ2v) is 3.57. The number of rotatable bonds is 0. The summed E-state index contributed by atoms with van der Waals surface area (Å²) in [6.07, 6.45) is 3.24. The van der Waals surface area contributed by atoms with Crippen LogP contribution in [0.2, 0.25) is 0 Å². The van der Waals surface area contributed by atoms with Gasteiger partial charge in [-0.05, 0) is 18.8 Å². The van der Waals surface area contributed by atoms with Crippen LogP contribution < -0.4 is 0 Å². The van der Waals surface area contributed by atoms with E-state index in [1.54, 1.807) is 0 Å². The molecular weight excluding hydrogens is 128 g/mol. The zero-order chi connectivity index (χ0) is 7.14. The maximum absolute atomic E-state index is 10.7. The van der Waals surface area contributed by atoms with Crippen LogP contribution in [0.15, 0.2) is 0 Å². The van der Waals surface area contributed by atoms with Gasteiger partial charge in [-0.2, -0.15) is 0 Å². The van der Waals surface area contributed by atoms with Crippen molar-refractivity contribution in [3.05, 3.63) is 0 Å². The molecule has 56 valence electrons. The fraction of sp³-hybridized carbons (Fsp3) is 0.875. The van der Waals surface area contributed by atoms with Gasteiger partial charge < -0.3 is 4.74 Å². The molecule has 3 atom stereocenters. The molecule has 2 fully saturated rings. The molecule has 0 amide bonds. The lowest BCUT2D eigenvalue weighted by molar-refractivity contribution is -0.141. The molecule has 1 heterocycles. The predicted octanol–water partition coefficient (Wildman–Crippen LogP) is 1.35. The van der Waals surface area contributed by atoms with Crippen LogP contribution in [0.3, 0.4) is 0 Å². The minimum Gasteiger partial charge on any atom is -0.462 e. The highest BCUT2D eigenvalue weighted by atomic mass is 16.5. The Hall–Kier alpha value is -0.530. The topological polar surface area (TPSA) is 26.3 Å². The summed E-state index contributed by atoms with van der Waals surface area (Å²) in [5.74, 6) is 1.34. The molecule has 0 aromatic carbocycles. The van der Waals surface area contributed by atoms with E-state index in [0.29, 0.717) is 12.3 Å². The van der Waals surface area contributed by atoms with E-state index in [1.165, 1.54) is 6.42 Å². The van der Waals surface area contributed by atoms with Crippen molar-refractivity contribution in [2.24, 2.45) is 11.8 Å². The molecule has 0 N–H and O–H groups in total. The maximum atomic E-state index is 10.7. The van der Waals surface area contributed by atoms with Gasteiger partial charge in [-0.3, -0.25) is 4.79 Å². The summed E-state index contributed by atoms with van der Waals surface area (Å²) in [7, 11) is 0. The fourth-order valence-electron chi connectivity index (χ4n) is 2.14. The van der Waals surface area contributed by atoms with E-state index >= 15 is 0 Å². The van der Waals surface area contributed by atoms with E-state index in [2.05, 4.69) is 6.92 Å². The van der Waals surface area contributed by atoms with Gasteiger partial charge in [-0.15, -0.1) is 0 Å². The van der Waals surface area contributed by atoms with Gasteiger partial charge in [0.25, 0.3) is 0 Å². The van der Waals surface area contributed by atoms with E-state index in [1.807, 2.05) is 0 Å². The molecule has 2 aliphatic rings. The van der Waals surface area contributed by atoms with Crippen molar-refractivity contribution in [3.63, 3.8) is 0 Å². The lowest BCUT2D eigenvalue weighted by Crippen LogP contribution is -2.07. The number of fused-ring (bicyclic) bond motifs is 1. The van der Waals surface area contributed by atoms with E-state index < -0.39 is 0 Å². The Morgan fingerprint density at radius 3 is 3.00 bits per heavy atom. The van der Waals surface area contributed by atoms with Crippen LogP contribution in [-0.4, -0.2) is 12.1 Å². The number of hydrogen-bond acceptors (Lipinski definition) is 2. The molecule has 2 rings (SSSR count). The third-order valence-electron chi connectivity index (χ3n) is 2.58. The minimum atomic E-state index is 0.0156. The monoisotopic (exact) mass is 140 g/mol. The van der Waals surface area contributed by atoms with Gasteiger partial charge in [-0.25, -0.2) is 0 Å². The van der Waals surface area contributed by atoms with E-state index in [0.717, 1.165) is 12.3 Å². The maximum Gasteiger partial charge on any atom is 0.306 e. The molecule has 2 heteroatoms. The molecule has 0 spiro atoms. The van der Waals surface area contributed by atoms with Gasteiger partial charge in [0.1, 0.15) is 6.10 Å². The van der Waals surface area contributed by atoms with Crippen molar-refractivity contribution in [3.8, 4) is 0 Å². The molecule has 2 nitrogen and oxygen atoms in total. The third kappa shape index (κ3) is 0.825. The van der Waals surface area contributed by atoms with Crippen LogP contribution in [0.25, 0.3) is 0 Å². The summed E-state index contributed by atoms with van der Waals surface area (Å²) in [4.78, 5) is 10.7. The first-order chi connectivity index (χ1) is 4.75. The molecule has 0 bridgehead atoms. The van der Waals surface area contributed by atoms with Gasteiger partial charge in [-0.1, -0.05) is 6.92 Å². The number of hydrogen-bond donors (Lipinski definition) is 0. The SMILES string of the molecule is CC1C[C@H]2CC(=O)O[C@H]2C1. The molecule has 1 unspecified atom stereocenters. The van der Waals surface area contributed by atoms with Gasteiger partial charge >= 0.3 is 5.97 Å². The molecule has 1 aliphatic carbocycles. The number of ether oxygens (including phenoxy) is 1. The summed E-state index contributed by atoms with van der Waals surface area (Å²) in [6, 6.07) is 0. The molecule has 1 saturated carbocycles. The third-order valence-corrected chi connectivity index (χ3v) is 2.58. The number of carbonyl (C=O) groups is 1. The average Bonchev–Trinajstić information content (AvgIpc) is 2.21. The quantitative estimate of drug-likeness (QED) is 0.475. The Kier molecular flexibility index (Phi) is 1.22. The van der Waals surface area contributed by atoms with E-state index in [9.17, 15) is 4.79 Å². The molecule has 1 aliphatic heterocycles. The van der Waals surface area contributed by atoms with Crippen LogP contribution in [0.1, 0.15) is 26.2 Å². The second kappa shape index (κ2) is 1.97. The highest BCUT2D eigenvalue weighted by Crippen LogP contribution is 2.39. The Morgan fingerprint density at radius 1 is 1.50 bits per heavy atom. The van der Waals surface area contributed by atoms with Crippen LogP contribution in [-0.2, 0) is 9.53 Å². The minimum absolute atomic E-state index is 0.0156. The van der Waals surface area contributed by atoms with Crippen LogP contribution in [0.4, 0.5) is 0 Å². The van der Waals surface area contributed by atoms with Crippen molar-refractivity contribution >= 4 is 5.97 Å². The first kappa shape index (κ1) is 6.20. The first-order valence-electron chi connectivity index (χ1n) is 3.95. The predicted molar refractivity (Wildman–Crippen MR) is 36.4 cm³/mol. The van der Waals surface area contributed by atoms with E-state index in [4.69, 9.17) is 4.74 Å². The Bertz CT molecular complexity index is 149. The molecule has 0 radical (unpaired) electrons. The number of esters is 1. The van der Waals surface area contributed by atoms with Crippen LogP contribution in [0.5, 0.6) is 0 Å². The van der Waals surface area contributed by atoms with Crippen molar-refractivity contribution < 1.29 is 9.53 Å². The van der Waals surface area contributed by atoms with Crippen molar-refractivity contribution in [2.45, 2.75) is 32.3 Å². The average molecular weight is 140 g/mol. The van der Waals surface area contributed by atoms with E-state index in [-0.39, 0.29) is 12.1 Å². The smallest absolute Gasteiger partial charge is 0.306 e. The van der Waals surface area contributed by atoms with Crippen LogP contribution >= 0.6 is 0 Å². The number of carbonyl (C=O) groups excluding carboxylic acids is 1. The zero-order valence-corrected chi connectivity index (χ0v) is 6.17. The van der Waals surface area contributed by atoms with Gasteiger partial charge in [0.15, 0.2) is 0 Å². The molecular formula is C8H12O2. The summed E-state index contributed by atoms with van der Waals surface area (Å²) >= 11 is 0. The van der Waals surface area contributed by atoms with Crippen molar-refractivity contribution in [2.75, 3.05) is 0 Å².